The van der Waals surface area contributed by atoms with Crippen LogP contribution in [-0.2, 0) is 6.54 Å². The minimum absolute atomic E-state index is 0. The topological polar surface area (TPSA) is 17.8 Å². The molecule has 0 aliphatic carbocycles. The maximum atomic E-state index is 12.9. The number of imidazole rings is 1. The third-order valence-corrected chi connectivity index (χ3v) is 3.52. The minimum Gasteiger partial charge on any atom is -1.00 e. The van der Waals surface area contributed by atoms with Crippen molar-refractivity contribution in [3.05, 3.63) is 66.1 Å². The number of aromatic nitrogens is 2. The average molecular weight is 330 g/mol. The molecule has 2 aromatic carbocycles. The number of nitrogens with zero attached hydrogens (tertiary/aromatic N) is 2. The standard InChI is InChI=1S/C16H11FN2.BrH/c17-13-7-5-11(6-8-13)15-10-19-9-12-3-1-2-4-14(12)16(19)18-15;/h1-8,10H,9H2;1H/p-1. The molecule has 0 radical (unpaired) electrons. The lowest BCUT2D eigenvalue weighted by atomic mass is 10.1. The Labute approximate surface area is 126 Å². The van der Waals surface area contributed by atoms with Crippen LogP contribution >= 0.6 is 0 Å². The Balaban J connectivity index is 0.00000121. The van der Waals surface area contributed by atoms with Crippen molar-refractivity contribution in [1.82, 2.24) is 9.55 Å². The molecule has 4 rings (SSSR count). The molecule has 3 aromatic rings. The molecule has 0 fully saturated rings. The molecule has 0 N–H and O–H groups in total. The molecule has 0 atom stereocenters. The Kier molecular flexibility index (Phi) is 3.18. The highest BCUT2D eigenvalue weighted by molar-refractivity contribution is 5.70. The van der Waals surface area contributed by atoms with Gasteiger partial charge in [-0.05, 0) is 29.8 Å². The van der Waals surface area contributed by atoms with Gasteiger partial charge in [-0.3, -0.25) is 0 Å². The molecule has 0 saturated carbocycles. The summed E-state index contributed by atoms with van der Waals surface area (Å²) in [7, 11) is 0. The molecule has 1 aliphatic heterocycles. The smallest absolute Gasteiger partial charge is 0.141 e. The quantitative estimate of drug-likeness (QED) is 0.503. The van der Waals surface area contributed by atoms with E-state index in [9.17, 15) is 4.39 Å². The molecule has 1 aliphatic rings. The Hall–Kier alpha value is -1.94. The van der Waals surface area contributed by atoms with Gasteiger partial charge in [0.05, 0.1) is 5.69 Å². The van der Waals surface area contributed by atoms with Crippen LogP contribution in [-0.4, -0.2) is 9.55 Å². The molecule has 100 valence electrons. The Morgan fingerprint density at radius 1 is 1.00 bits per heavy atom. The lowest BCUT2D eigenvalue weighted by molar-refractivity contribution is -0.00000437. The van der Waals surface area contributed by atoms with Crippen molar-refractivity contribution in [2.75, 3.05) is 0 Å². The highest BCUT2D eigenvalue weighted by Crippen LogP contribution is 2.33. The second kappa shape index (κ2) is 4.87. The van der Waals surface area contributed by atoms with E-state index in [1.807, 2.05) is 18.3 Å². The largest absolute Gasteiger partial charge is 1.00 e. The molecule has 0 unspecified atom stereocenters. The van der Waals surface area contributed by atoms with Crippen molar-refractivity contribution in [2.24, 2.45) is 0 Å². The predicted octanol–water partition coefficient (Wildman–Crippen LogP) is 0.722. The summed E-state index contributed by atoms with van der Waals surface area (Å²) in [6, 6.07) is 14.8. The van der Waals surface area contributed by atoms with Gasteiger partial charge in [-0.15, -0.1) is 0 Å². The van der Waals surface area contributed by atoms with E-state index in [-0.39, 0.29) is 22.8 Å². The molecule has 0 amide bonds. The highest BCUT2D eigenvalue weighted by Gasteiger charge is 2.20. The zero-order valence-electron chi connectivity index (χ0n) is 10.6. The van der Waals surface area contributed by atoms with Crippen molar-refractivity contribution in [1.29, 1.82) is 0 Å². The van der Waals surface area contributed by atoms with E-state index < -0.39 is 0 Å². The lowest BCUT2D eigenvalue weighted by Crippen LogP contribution is -3.00. The summed E-state index contributed by atoms with van der Waals surface area (Å²) < 4.78 is 15.1. The van der Waals surface area contributed by atoms with Crippen molar-refractivity contribution in [3.63, 3.8) is 0 Å². The van der Waals surface area contributed by atoms with Gasteiger partial charge in [0.15, 0.2) is 0 Å². The van der Waals surface area contributed by atoms with Crippen LogP contribution in [0.1, 0.15) is 5.56 Å². The van der Waals surface area contributed by atoms with E-state index >= 15 is 0 Å². The second-order valence-electron chi connectivity index (χ2n) is 4.74. The SMILES string of the molecule is Fc1ccc(-c2cn3c(n2)-c2ccccc2C3)cc1.[Br-]. The van der Waals surface area contributed by atoms with E-state index in [2.05, 4.69) is 21.7 Å². The third kappa shape index (κ3) is 1.96. The second-order valence-corrected chi connectivity index (χ2v) is 4.74. The average Bonchev–Trinajstić information content (AvgIpc) is 2.97. The van der Waals surface area contributed by atoms with Crippen molar-refractivity contribution < 1.29 is 21.4 Å². The molecule has 2 heterocycles. The van der Waals surface area contributed by atoms with Crippen LogP contribution in [0.4, 0.5) is 4.39 Å². The molecule has 0 spiro atoms. The highest BCUT2D eigenvalue weighted by atomic mass is 79.9. The molecule has 0 saturated heterocycles. The summed E-state index contributed by atoms with van der Waals surface area (Å²) in [6.07, 6.45) is 2.03. The van der Waals surface area contributed by atoms with Gasteiger partial charge in [0.25, 0.3) is 0 Å². The van der Waals surface area contributed by atoms with Gasteiger partial charge < -0.3 is 21.5 Å². The van der Waals surface area contributed by atoms with E-state index in [4.69, 9.17) is 0 Å². The number of benzene rings is 2. The first-order valence-electron chi connectivity index (χ1n) is 6.23. The Morgan fingerprint density at radius 3 is 2.55 bits per heavy atom. The predicted molar refractivity (Wildman–Crippen MR) is 72.2 cm³/mol. The molecule has 2 nitrogen and oxygen atoms in total. The summed E-state index contributed by atoms with van der Waals surface area (Å²) in [4.78, 5) is 4.67. The lowest BCUT2D eigenvalue weighted by Gasteiger charge is -1.98. The van der Waals surface area contributed by atoms with Crippen LogP contribution in [0, 0.1) is 5.82 Å². The number of hydrogen-bond acceptors (Lipinski definition) is 1. The van der Waals surface area contributed by atoms with Crippen LogP contribution in [0.3, 0.4) is 0 Å². The first-order valence-corrected chi connectivity index (χ1v) is 6.23. The van der Waals surface area contributed by atoms with Crippen LogP contribution in [0.25, 0.3) is 22.6 Å². The normalized spacial score (nSPS) is 11.7. The molecule has 1 aromatic heterocycles. The molecule has 20 heavy (non-hydrogen) atoms. The van der Waals surface area contributed by atoms with Gasteiger partial charge >= 0.3 is 0 Å². The summed E-state index contributed by atoms with van der Waals surface area (Å²) in [5.41, 5.74) is 4.33. The maximum Gasteiger partial charge on any atom is 0.141 e. The Bertz CT molecular complexity index is 762. The molecular weight excluding hydrogens is 319 g/mol. The number of hydrogen-bond donors (Lipinski definition) is 0. The third-order valence-electron chi connectivity index (χ3n) is 3.52. The van der Waals surface area contributed by atoms with Gasteiger partial charge in [0.2, 0.25) is 0 Å². The van der Waals surface area contributed by atoms with Crippen LogP contribution in [0.5, 0.6) is 0 Å². The zero-order chi connectivity index (χ0) is 12.8. The van der Waals surface area contributed by atoms with Gasteiger partial charge in [-0.2, -0.15) is 0 Å². The molecule has 0 bridgehead atoms. The number of rotatable bonds is 1. The fourth-order valence-electron chi connectivity index (χ4n) is 2.57. The van der Waals surface area contributed by atoms with Crippen LogP contribution in [0.15, 0.2) is 54.7 Å². The van der Waals surface area contributed by atoms with Gasteiger partial charge in [-0.1, -0.05) is 24.3 Å². The van der Waals surface area contributed by atoms with Gasteiger partial charge in [-0.25, -0.2) is 9.37 Å². The zero-order valence-corrected chi connectivity index (χ0v) is 12.1. The van der Waals surface area contributed by atoms with Crippen molar-refractivity contribution >= 4 is 0 Å². The molecule has 4 heteroatoms. The summed E-state index contributed by atoms with van der Waals surface area (Å²) in [5, 5.41) is 0. The van der Waals surface area contributed by atoms with Crippen molar-refractivity contribution in [2.45, 2.75) is 6.54 Å². The maximum absolute atomic E-state index is 12.9. The van der Waals surface area contributed by atoms with Gasteiger partial charge in [0.1, 0.15) is 11.6 Å². The summed E-state index contributed by atoms with van der Waals surface area (Å²) in [5.74, 6) is 0.774. The van der Waals surface area contributed by atoms with E-state index in [1.54, 1.807) is 12.1 Å². The summed E-state index contributed by atoms with van der Waals surface area (Å²) in [6.45, 7) is 0.861. The number of fused-ring (bicyclic) bond motifs is 3. The Morgan fingerprint density at radius 2 is 1.75 bits per heavy atom. The fourth-order valence-corrected chi connectivity index (χ4v) is 2.57. The van der Waals surface area contributed by atoms with E-state index in [1.165, 1.54) is 23.3 Å². The van der Waals surface area contributed by atoms with E-state index in [0.717, 1.165) is 23.6 Å². The minimum atomic E-state index is -0.221. The van der Waals surface area contributed by atoms with E-state index in [0.29, 0.717) is 0 Å². The summed E-state index contributed by atoms with van der Waals surface area (Å²) >= 11 is 0. The van der Waals surface area contributed by atoms with Crippen LogP contribution in [0.2, 0.25) is 0 Å². The van der Waals surface area contributed by atoms with Gasteiger partial charge in [0, 0.05) is 23.9 Å². The van der Waals surface area contributed by atoms with Crippen LogP contribution < -0.4 is 17.0 Å². The first kappa shape index (κ1) is 13.1. The van der Waals surface area contributed by atoms with Crippen molar-refractivity contribution in [3.8, 4) is 22.6 Å². The fraction of sp³-hybridized carbons (Fsp3) is 0.0625. The number of halogens is 2. The first-order chi connectivity index (χ1) is 9.31. The molecular formula is C16H11BrFN2-. The monoisotopic (exact) mass is 329 g/mol.